The average Bonchev–Trinajstić information content (AvgIpc) is 2.79. The average molecular weight is 506 g/mol. The first-order valence-corrected chi connectivity index (χ1v) is 13.6. The van der Waals surface area contributed by atoms with E-state index in [1.807, 2.05) is 41.7 Å². The Labute approximate surface area is 229 Å². The minimum atomic E-state index is 0.0886. The number of hydrogen-bond acceptors (Lipinski definition) is 2. The van der Waals surface area contributed by atoms with E-state index in [9.17, 15) is 0 Å². The number of likely N-dealkylation sites (N-methyl/N-ethyl adjacent to an activating group) is 1. The second-order valence-electron chi connectivity index (χ2n) is 11.1. The van der Waals surface area contributed by atoms with Gasteiger partial charge < -0.3 is 10.2 Å². The number of benzene rings is 1. The molecule has 3 nitrogen and oxygen atoms in total. The van der Waals surface area contributed by atoms with Crippen LogP contribution in [0.4, 0.5) is 0 Å². The quantitative estimate of drug-likeness (QED) is 0.133. The Hall–Kier alpha value is -2.81. The third-order valence-corrected chi connectivity index (χ3v) is 6.43. The molecule has 206 valence electrons. The van der Waals surface area contributed by atoms with Gasteiger partial charge in [-0.05, 0) is 85.8 Å². The lowest BCUT2D eigenvalue weighted by atomic mass is 9.83. The lowest BCUT2D eigenvalue weighted by Crippen LogP contribution is -2.37. The van der Waals surface area contributed by atoms with Gasteiger partial charge in [-0.15, -0.1) is 0 Å². The number of aliphatic imine (C=N–C) groups is 1. The van der Waals surface area contributed by atoms with Crippen molar-refractivity contribution in [2.45, 2.75) is 101 Å². The first kappa shape index (κ1) is 34.2. The van der Waals surface area contributed by atoms with Crippen molar-refractivity contribution in [3.63, 3.8) is 0 Å². The summed E-state index contributed by atoms with van der Waals surface area (Å²) in [5.74, 6) is 0.910. The molecular weight excluding hydrogens is 450 g/mol. The van der Waals surface area contributed by atoms with Crippen LogP contribution in [0.3, 0.4) is 0 Å². The summed E-state index contributed by atoms with van der Waals surface area (Å²) in [6, 6.07) is 4.55. The van der Waals surface area contributed by atoms with Gasteiger partial charge in [0.2, 0.25) is 0 Å². The van der Waals surface area contributed by atoms with Crippen molar-refractivity contribution in [3.05, 3.63) is 89.8 Å². The molecule has 1 rings (SSSR count). The second-order valence-corrected chi connectivity index (χ2v) is 11.1. The highest BCUT2D eigenvalue weighted by Crippen LogP contribution is 2.33. The highest BCUT2D eigenvalue weighted by atomic mass is 15.2. The molecule has 1 aromatic carbocycles. The van der Waals surface area contributed by atoms with Gasteiger partial charge in [0.25, 0.3) is 0 Å². The molecule has 0 saturated carbocycles. The number of nitrogens with zero attached hydrogens (tertiary/aromatic N) is 2. The molecule has 1 aromatic rings. The standard InChI is InChI=1S/C32H49N3.C2H6/c1-15-29-25(8)30(24(7)19-32(11,12)13)17-16-28(29)20-33-26(9)23(6)18-31(21(2)3)35(14)27(10)34-22(4)5;1-2/h16-17,31,33H,2,4,6-7,9,15,18-20H2,1,3,5,8,10-14H3;1-2H3. The molecule has 0 bridgehead atoms. The van der Waals surface area contributed by atoms with Gasteiger partial charge in [0.1, 0.15) is 5.84 Å². The first-order chi connectivity index (χ1) is 17.1. The van der Waals surface area contributed by atoms with Crippen molar-refractivity contribution in [2.24, 2.45) is 10.4 Å². The summed E-state index contributed by atoms with van der Waals surface area (Å²) in [5.41, 5.74) is 10.4. The lowest BCUT2D eigenvalue weighted by Gasteiger charge is -2.31. The Kier molecular flexibility index (Phi) is 14.3. The maximum absolute atomic E-state index is 4.51. The fourth-order valence-electron chi connectivity index (χ4n) is 4.50. The minimum absolute atomic E-state index is 0.0886. The van der Waals surface area contributed by atoms with Crippen molar-refractivity contribution >= 4 is 11.4 Å². The predicted molar refractivity (Wildman–Crippen MR) is 169 cm³/mol. The second kappa shape index (κ2) is 15.4. The molecule has 1 N–H and O–H groups in total. The Bertz CT molecular complexity index is 1010. The summed E-state index contributed by atoms with van der Waals surface area (Å²) >= 11 is 0. The molecule has 0 aliphatic heterocycles. The third-order valence-electron chi connectivity index (χ3n) is 6.43. The van der Waals surface area contributed by atoms with Crippen LogP contribution < -0.4 is 5.32 Å². The van der Waals surface area contributed by atoms with Gasteiger partial charge >= 0.3 is 0 Å². The van der Waals surface area contributed by atoms with Crippen LogP contribution >= 0.6 is 0 Å². The highest BCUT2D eigenvalue weighted by molar-refractivity contribution is 5.81. The molecule has 1 atom stereocenters. The topological polar surface area (TPSA) is 27.6 Å². The molecule has 3 heteroatoms. The Balaban J connectivity index is 0.00000631. The van der Waals surface area contributed by atoms with Crippen LogP contribution in [-0.4, -0.2) is 23.8 Å². The van der Waals surface area contributed by atoms with E-state index in [4.69, 9.17) is 0 Å². The van der Waals surface area contributed by atoms with Crippen molar-refractivity contribution in [2.75, 3.05) is 7.05 Å². The number of allylic oxidation sites excluding steroid dienone is 3. The third kappa shape index (κ3) is 11.0. The largest absolute Gasteiger partial charge is 0.381 e. The van der Waals surface area contributed by atoms with E-state index in [0.717, 1.165) is 54.2 Å². The molecule has 37 heavy (non-hydrogen) atoms. The number of amidine groups is 1. The maximum Gasteiger partial charge on any atom is 0.101 e. The maximum atomic E-state index is 4.51. The van der Waals surface area contributed by atoms with Crippen LogP contribution in [0.5, 0.6) is 0 Å². The summed E-state index contributed by atoms with van der Waals surface area (Å²) in [5, 5.41) is 3.52. The van der Waals surface area contributed by atoms with E-state index in [0.29, 0.717) is 0 Å². The Morgan fingerprint density at radius 3 is 2.05 bits per heavy atom. The van der Waals surface area contributed by atoms with Gasteiger partial charge in [-0.3, -0.25) is 0 Å². The first-order valence-electron chi connectivity index (χ1n) is 13.6. The highest BCUT2D eigenvalue weighted by Gasteiger charge is 2.20. The molecule has 0 heterocycles. The van der Waals surface area contributed by atoms with Crippen molar-refractivity contribution in [1.82, 2.24) is 10.2 Å². The minimum Gasteiger partial charge on any atom is -0.381 e. The summed E-state index contributed by atoms with van der Waals surface area (Å²) in [6.45, 7) is 43.0. The van der Waals surface area contributed by atoms with E-state index in [2.05, 4.69) is 94.9 Å². The zero-order valence-electron chi connectivity index (χ0n) is 26.0. The summed E-state index contributed by atoms with van der Waals surface area (Å²) in [6.07, 6.45) is 2.70. The fraction of sp³-hybridized carbons (Fsp3) is 0.500. The SMILES string of the molecule is C=C(C)N=C(C)N(C)C(CC(=C)C(=C)NCc1ccc(C(=C)CC(C)(C)C)c(C)c1CC)C(=C)C.CC. The molecule has 0 spiro atoms. The van der Waals surface area contributed by atoms with Crippen molar-refractivity contribution in [3.8, 4) is 0 Å². The van der Waals surface area contributed by atoms with Gasteiger partial charge in [0.15, 0.2) is 0 Å². The van der Waals surface area contributed by atoms with Crippen LogP contribution in [0.2, 0.25) is 0 Å². The summed E-state index contributed by atoms with van der Waals surface area (Å²) < 4.78 is 0. The lowest BCUT2D eigenvalue weighted by molar-refractivity contribution is 0.404. The van der Waals surface area contributed by atoms with E-state index in [-0.39, 0.29) is 11.5 Å². The molecule has 0 aliphatic carbocycles. The number of nitrogens with one attached hydrogen (secondary N) is 1. The molecule has 1 unspecified atom stereocenters. The molecule has 0 fully saturated rings. The molecule has 0 amide bonds. The van der Waals surface area contributed by atoms with Crippen LogP contribution in [-0.2, 0) is 13.0 Å². The predicted octanol–water partition coefficient (Wildman–Crippen LogP) is 9.41. The van der Waals surface area contributed by atoms with Crippen LogP contribution in [0.1, 0.15) is 97.4 Å². The van der Waals surface area contributed by atoms with Gasteiger partial charge in [-0.2, -0.15) is 0 Å². The van der Waals surface area contributed by atoms with Crippen LogP contribution in [0.25, 0.3) is 5.57 Å². The summed E-state index contributed by atoms with van der Waals surface area (Å²) in [4.78, 5) is 6.64. The van der Waals surface area contributed by atoms with E-state index in [1.165, 1.54) is 27.8 Å². The van der Waals surface area contributed by atoms with Crippen molar-refractivity contribution in [1.29, 1.82) is 0 Å². The Morgan fingerprint density at radius 2 is 1.59 bits per heavy atom. The zero-order chi connectivity index (χ0) is 29.1. The van der Waals surface area contributed by atoms with Crippen LogP contribution in [0, 0.1) is 12.3 Å². The Morgan fingerprint density at radius 1 is 1.03 bits per heavy atom. The van der Waals surface area contributed by atoms with Crippen molar-refractivity contribution < 1.29 is 0 Å². The fourth-order valence-corrected chi connectivity index (χ4v) is 4.50. The van der Waals surface area contributed by atoms with E-state index >= 15 is 0 Å². The molecule has 0 aromatic heterocycles. The van der Waals surface area contributed by atoms with Gasteiger partial charge in [0, 0.05) is 25.0 Å². The molecular formula is C34H55N3. The van der Waals surface area contributed by atoms with Gasteiger partial charge in [-0.1, -0.05) is 92.1 Å². The number of hydrogen-bond donors (Lipinski definition) is 1. The zero-order valence-corrected chi connectivity index (χ0v) is 26.0. The monoisotopic (exact) mass is 505 g/mol. The van der Waals surface area contributed by atoms with Crippen LogP contribution in [0.15, 0.2) is 72.6 Å². The molecule has 0 saturated heterocycles. The normalized spacial score (nSPS) is 12.1. The van der Waals surface area contributed by atoms with E-state index < -0.39 is 0 Å². The van der Waals surface area contributed by atoms with Gasteiger partial charge in [0.05, 0.1) is 6.04 Å². The smallest absolute Gasteiger partial charge is 0.101 e. The molecule has 0 aliphatic rings. The number of rotatable bonds is 12. The van der Waals surface area contributed by atoms with Gasteiger partial charge in [-0.25, -0.2) is 4.99 Å². The van der Waals surface area contributed by atoms with E-state index in [1.54, 1.807) is 0 Å². The molecule has 0 radical (unpaired) electrons. The summed E-state index contributed by atoms with van der Waals surface area (Å²) in [7, 11) is 2.04.